The minimum Gasteiger partial charge on any atom is -0.444 e. The fourth-order valence-corrected chi connectivity index (χ4v) is 1.20. The smallest absolute Gasteiger partial charge is 0.413 e. The van der Waals surface area contributed by atoms with Crippen molar-refractivity contribution in [3.05, 3.63) is 21.7 Å². The zero-order valence-electron chi connectivity index (χ0n) is 9.17. The number of pyridine rings is 1. The molecular formula is C10H12FIN2O2. The van der Waals surface area contributed by atoms with Crippen LogP contribution in [0.15, 0.2) is 12.1 Å². The summed E-state index contributed by atoms with van der Waals surface area (Å²) in [6, 6.07) is 3.03. The molecular weight excluding hydrogens is 326 g/mol. The van der Waals surface area contributed by atoms with Crippen molar-refractivity contribution in [1.29, 1.82) is 0 Å². The van der Waals surface area contributed by atoms with Crippen molar-refractivity contribution in [2.24, 2.45) is 0 Å². The van der Waals surface area contributed by atoms with Gasteiger partial charge in [0.25, 0.3) is 0 Å². The van der Waals surface area contributed by atoms with Crippen molar-refractivity contribution in [3.8, 4) is 0 Å². The minimum atomic E-state index is -0.652. The van der Waals surface area contributed by atoms with Crippen molar-refractivity contribution >= 4 is 34.5 Å². The fraction of sp³-hybridized carbons (Fsp3) is 0.400. The van der Waals surface area contributed by atoms with Crippen molar-refractivity contribution in [2.75, 3.05) is 5.32 Å². The maximum Gasteiger partial charge on any atom is 0.413 e. The summed E-state index contributed by atoms with van der Waals surface area (Å²) in [7, 11) is 0. The van der Waals surface area contributed by atoms with Gasteiger partial charge >= 0.3 is 6.09 Å². The van der Waals surface area contributed by atoms with E-state index in [4.69, 9.17) is 4.74 Å². The summed E-state index contributed by atoms with van der Waals surface area (Å²) in [6.07, 6.45) is -0.652. The fourth-order valence-electron chi connectivity index (χ4n) is 0.895. The number of ether oxygens (including phenoxy) is 1. The lowest BCUT2D eigenvalue weighted by molar-refractivity contribution is 0.0635. The van der Waals surface area contributed by atoms with E-state index in [9.17, 15) is 9.18 Å². The number of nitrogens with zero attached hydrogens (tertiary/aromatic N) is 1. The molecule has 0 radical (unpaired) electrons. The van der Waals surface area contributed by atoms with E-state index in [0.29, 0.717) is 3.57 Å². The molecule has 1 rings (SSSR count). The minimum absolute atomic E-state index is 0.132. The summed E-state index contributed by atoms with van der Waals surface area (Å²) in [4.78, 5) is 14.9. The van der Waals surface area contributed by atoms with Crippen molar-refractivity contribution in [3.63, 3.8) is 0 Å². The molecule has 1 aromatic rings. The molecule has 0 saturated carbocycles. The third-order valence-electron chi connectivity index (χ3n) is 1.43. The molecule has 88 valence electrons. The van der Waals surface area contributed by atoms with Crippen LogP contribution in [-0.2, 0) is 4.74 Å². The van der Waals surface area contributed by atoms with Crippen molar-refractivity contribution < 1.29 is 13.9 Å². The monoisotopic (exact) mass is 338 g/mol. The van der Waals surface area contributed by atoms with E-state index in [-0.39, 0.29) is 5.82 Å². The Bertz CT molecular complexity index is 404. The average molecular weight is 338 g/mol. The lowest BCUT2D eigenvalue weighted by atomic mass is 10.2. The quantitative estimate of drug-likeness (QED) is 0.632. The van der Waals surface area contributed by atoms with Crippen LogP contribution >= 0.6 is 22.6 Å². The molecule has 0 aliphatic rings. The van der Waals surface area contributed by atoms with E-state index in [1.165, 1.54) is 12.1 Å². The Morgan fingerprint density at radius 1 is 1.50 bits per heavy atom. The van der Waals surface area contributed by atoms with Gasteiger partial charge in [0.15, 0.2) is 0 Å². The maximum atomic E-state index is 13.1. The van der Waals surface area contributed by atoms with Crippen LogP contribution in [0.3, 0.4) is 0 Å². The predicted molar refractivity (Wildman–Crippen MR) is 66.8 cm³/mol. The van der Waals surface area contributed by atoms with Gasteiger partial charge in [0.1, 0.15) is 11.4 Å². The van der Waals surface area contributed by atoms with E-state index in [2.05, 4.69) is 10.3 Å². The Morgan fingerprint density at radius 3 is 2.62 bits per heavy atom. The molecule has 0 fully saturated rings. The van der Waals surface area contributed by atoms with Gasteiger partial charge in [-0.05, 0) is 55.5 Å². The Morgan fingerprint density at radius 2 is 2.12 bits per heavy atom. The first kappa shape index (κ1) is 13.1. The summed E-state index contributed by atoms with van der Waals surface area (Å²) in [5.74, 6) is -0.485. The zero-order chi connectivity index (χ0) is 12.3. The average Bonchev–Trinajstić information content (AvgIpc) is 2.08. The molecule has 4 nitrogen and oxygen atoms in total. The van der Waals surface area contributed by atoms with Crippen LogP contribution < -0.4 is 5.32 Å². The summed E-state index contributed by atoms with van der Waals surface area (Å²) in [5.41, 5.74) is -0.591. The highest BCUT2D eigenvalue weighted by Gasteiger charge is 2.16. The molecule has 1 N–H and O–H groups in total. The number of aromatic nitrogens is 1. The lowest BCUT2D eigenvalue weighted by Gasteiger charge is -2.19. The van der Waals surface area contributed by atoms with Crippen LogP contribution in [0.4, 0.5) is 15.0 Å². The van der Waals surface area contributed by atoms with Gasteiger partial charge in [-0.3, -0.25) is 5.32 Å². The lowest BCUT2D eigenvalue weighted by Crippen LogP contribution is -2.27. The molecule has 0 aliphatic carbocycles. The molecule has 1 amide bonds. The summed E-state index contributed by atoms with van der Waals surface area (Å²) < 4.78 is 18.4. The Kier molecular flexibility index (Phi) is 4.06. The normalized spacial score (nSPS) is 11.1. The number of anilines is 1. The van der Waals surface area contributed by atoms with Gasteiger partial charge in [-0.25, -0.2) is 9.78 Å². The third-order valence-corrected chi connectivity index (χ3v) is 2.24. The molecule has 0 saturated heterocycles. The zero-order valence-corrected chi connectivity index (χ0v) is 11.3. The summed E-state index contributed by atoms with van der Waals surface area (Å²) in [5, 5.41) is 2.35. The molecule has 1 heterocycles. The number of carbonyl (C=O) groups excluding carboxylic acids is 1. The van der Waals surface area contributed by atoms with E-state index < -0.39 is 17.6 Å². The first-order valence-electron chi connectivity index (χ1n) is 4.60. The van der Waals surface area contributed by atoms with Crippen LogP contribution in [0.2, 0.25) is 0 Å². The van der Waals surface area contributed by atoms with E-state index >= 15 is 0 Å². The molecule has 0 aliphatic heterocycles. The molecule has 6 heteroatoms. The van der Waals surface area contributed by atoms with Crippen LogP contribution in [0, 0.1) is 9.52 Å². The molecule has 0 unspecified atom stereocenters. The first-order chi connectivity index (χ1) is 7.28. The Hall–Kier alpha value is -0.920. The first-order valence-corrected chi connectivity index (χ1v) is 5.68. The topological polar surface area (TPSA) is 51.2 Å². The summed E-state index contributed by atoms with van der Waals surface area (Å²) in [6.45, 7) is 5.23. The summed E-state index contributed by atoms with van der Waals surface area (Å²) >= 11 is 1.82. The van der Waals surface area contributed by atoms with Gasteiger partial charge in [0.05, 0.1) is 3.57 Å². The molecule has 0 aromatic carbocycles. The van der Waals surface area contributed by atoms with E-state index in [0.717, 1.165) is 0 Å². The number of hydrogen-bond donors (Lipinski definition) is 1. The Labute approximate surface area is 107 Å². The predicted octanol–water partition coefficient (Wildman–Crippen LogP) is 3.17. The van der Waals surface area contributed by atoms with Gasteiger partial charge in [0, 0.05) is 0 Å². The van der Waals surface area contributed by atoms with E-state index in [1.807, 2.05) is 22.6 Å². The Balaban J connectivity index is 2.67. The van der Waals surface area contributed by atoms with Gasteiger partial charge < -0.3 is 4.74 Å². The van der Waals surface area contributed by atoms with Crippen LogP contribution in [0.5, 0.6) is 0 Å². The standard InChI is InChI=1S/C10H12FIN2O2/c1-10(2,3)16-9(15)14-7-5-4-6(12)8(11)13-7/h4-5H,1-3H3,(H,13,14,15). The van der Waals surface area contributed by atoms with Gasteiger partial charge in [-0.15, -0.1) is 0 Å². The molecule has 16 heavy (non-hydrogen) atoms. The largest absolute Gasteiger partial charge is 0.444 e. The number of hydrogen-bond acceptors (Lipinski definition) is 3. The molecule has 0 bridgehead atoms. The van der Waals surface area contributed by atoms with Crippen LogP contribution in [-0.4, -0.2) is 16.7 Å². The van der Waals surface area contributed by atoms with Gasteiger partial charge in [0.2, 0.25) is 5.95 Å². The second kappa shape index (κ2) is 4.94. The number of nitrogens with one attached hydrogen (secondary N) is 1. The number of rotatable bonds is 1. The van der Waals surface area contributed by atoms with Crippen molar-refractivity contribution in [1.82, 2.24) is 4.98 Å². The van der Waals surface area contributed by atoms with Gasteiger partial charge in [-0.2, -0.15) is 4.39 Å². The molecule has 0 spiro atoms. The third kappa shape index (κ3) is 4.30. The van der Waals surface area contributed by atoms with E-state index in [1.54, 1.807) is 20.8 Å². The second-order valence-corrected chi connectivity index (χ2v) is 5.26. The van der Waals surface area contributed by atoms with Crippen molar-refractivity contribution in [2.45, 2.75) is 26.4 Å². The van der Waals surface area contributed by atoms with Crippen LogP contribution in [0.1, 0.15) is 20.8 Å². The second-order valence-electron chi connectivity index (χ2n) is 4.10. The molecule has 0 atom stereocenters. The highest BCUT2D eigenvalue weighted by atomic mass is 127. The van der Waals surface area contributed by atoms with Crippen LogP contribution in [0.25, 0.3) is 0 Å². The SMILES string of the molecule is CC(C)(C)OC(=O)Nc1ccc(I)c(F)n1. The highest BCUT2D eigenvalue weighted by Crippen LogP contribution is 2.13. The maximum absolute atomic E-state index is 13.1. The number of amides is 1. The molecule has 1 aromatic heterocycles. The van der Waals surface area contributed by atoms with Gasteiger partial charge in [-0.1, -0.05) is 0 Å². The number of carbonyl (C=O) groups is 1. The number of halogens is 2. The highest BCUT2D eigenvalue weighted by molar-refractivity contribution is 14.1.